The summed E-state index contributed by atoms with van der Waals surface area (Å²) in [5, 5.41) is 9.91. The van der Waals surface area contributed by atoms with Crippen LogP contribution in [0, 0.1) is 28.6 Å². The van der Waals surface area contributed by atoms with Crippen LogP contribution in [-0.4, -0.2) is 34.0 Å². The highest BCUT2D eigenvalue weighted by Crippen LogP contribution is 2.66. The van der Waals surface area contributed by atoms with Crippen LogP contribution < -0.4 is 0 Å². The summed E-state index contributed by atoms with van der Waals surface area (Å²) in [7, 11) is 0. The van der Waals surface area contributed by atoms with E-state index >= 15 is 4.39 Å². The smallest absolute Gasteiger partial charge is 0.333 e. The molecule has 0 saturated heterocycles. The van der Waals surface area contributed by atoms with Gasteiger partial charge in [0.05, 0.1) is 11.6 Å². The van der Waals surface area contributed by atoms with E-state index < -0.39 is 23.0 Å². The van der Waals surface area contributed by atoms with Gasteiger partial charge in [-0.25, -0.2) is 9.18 Å². The van der Waals surface area contributed by atoms with E-state index in [1.54, 1.807) is 11.0 Å². The number of nitrogens with zero attached hydrogens (tertiary/aromatic N) is 1. The van der Waals surface area contributed by atoms with Crippen molar-refractivity contribution in [1.29, 1.82) is 0 Å². The Labute approximate surface area is 179 Å². The molecule has 30 heavy (non-hydrogen) atoms. The summed E-state index contributed by atoms with van der Waals surface area (Å²) in [4.78, 5) is 25.8. The topological polar surface area (TPSA) is 57.6 Å². The lowest BCUT2D eigenvalue weighted by Gasteiger charge is -2.58. The highest BCUT2D eigenvalue weighted by molar-refractivity contribution is 5.90. The molecule has 0 aromatic rings. The highest BCUT2D eigenvalue weighted by Gasteiger charge is 2.58. The molecule has 1 amide bonds. The van der Waals surface area contributed by atoms with Gasteiger partial charge < -0.3 is 10.0 Å². The van der Waals surface area contributed by atoms with Gasteiger partial charge in [-0.1, -0.05) is 20.3 Å². The minimum absolute atomic E-state index is 0.125. The average Bonchev–Trinajstić information content (AvgIpc) is 3.02. The van der Waals surface area contributed by atoms with Crippen molar-refractivity contribution in [3.63, 3.8) is 0 Å². The predicted molar refractivity (Wildman–Crippen MR) is 114 cm³/mol. The fourth-order valence-corrected chi connectivity index (χ4v) is 7.60. The summed E-state index contributed by atoms with van der Waals surface area (Å²) in [6.07, 6.45) is 9.15. The first-order chi connectivity index (χ1) is 13.9. The number of allylic oxidation sites excluding steroid dienone is 3. The first-order valence-corrected chi connectivity index (χ1v) is 11.5. The third-order valence-electron chi connectivity index (χ3n) is 9.11. The monoisotopic (exact) mass is 417 g/mol. The van der Waals surface area contributed by atoms with Gasteiger partial charge in [-0.05, 0) is 87.7 Å². The molecule has 0 bridgehead atoms. The van der Waals surface area contributed by atoms with E-state index in [2.05, 4.69) is 13.8 Å². The first-order valence-electron chi connectivity index (χ1n) is 11.5. The number of carbonyl (C=O) groups excluding carboxylic acids is 1. The van der Waals surface area contributed by atoms with Crippen LogP contribution >= 0.6 is 0 Å². The van der Waals surface area contributed by atoms with Gasteiger partial charge in [0.25, 0.3) is 0 Å². The Morgan fingerprint density at radius 3 is 2.53 bits per heavy atom. The quantitative estimate of drug-likeness (QED) is 0.618. The van der Waals surface area contributed by atoms with Crippen LogP contribution in [0.25, 0.3) is 0 Å². The average molecular weight is 418 g/mol. The Bertz CT molecular complexity index is 825. The van der Waals surface area contributed by atoms with Gasteiger partial charge in [-0.15, -0.1) is 0 Å². The number of hydrogen-bond donors (Lipinski definition) is 1. The van der Waals surface area contributed by atoms with Gasteiger partial charge >= 0.3 is 5.97 Å². The number of fused-ring (bicyclic) bond motifs is 5. The van der Waals surface area contributed by atoms with Crippen LogP contribution in [0.5, 0.6) is 0 Å². The predicted octanol–water partition coefficient (Wildman–Crippen LogP) is 5.49. The van der Waals surface area contributed by atoms with Crippen LogP contribution in [0.4, 0.5) is 4.39 Å². The van der Waals surface area contributed by atoms with Crippen LogP contribution in [0.15, 0.2) is 23.0 Å². The molecular formula is C25H36FNO3. The molecule has 4 aliphatic carbocycles. The van der Waals surface area contributed by atoms with E-state index in [0.717, 1.165) is 12.8 Å². The van der Waals surface area contributed by atoms with E-state index in [4.69, 9.17) is 0 Å². The molecule has 1 unspecified atom stereocenters. The molecule has 6 atom stereocenters. The van der Waals surface area contributed by atoms with Crippen LogP contribution in [0.2, 0.25) is 0 Å². The van der Waals surface area contributed by atoms with Crippen molar-refractivity contribution < 1.29 is 19.1 Å². The third-order valence-corrected chi connectivity index (χ3v) is 9.11. The Balaban J connectivity index is 1.81. The minimum atomic E-state index is -1.06. The second-order valence-electron chi connectivity index (χ2n) is 11.7. The Hall–Kier alpha value is -1.65. The van der Waals surface area contributed by atoms with Crippen molar-refractivity contribution in [3.05, 3.63) is 23.0 Å². The molecule has 0 heterocycles. The first kappa shape index (κ1) is 21.6. The largest absolute Gasteiger partial charge is 0.478 e. The number of carboxylic acid groups (broad SMARTS) is 1. The molecule has 4 nitrogen and oxygen atoms in total. The molecule has 0 aliphatic heterocycles. The van der Waals surface area contributed by atoms with E-state index in [1.807, 2.05) is 20.8 Å². The number of aliphatic carboxylic acids is 1. The van der Waals surface area contributed by atoms with Crippen LogP contribution in [0.3, 0.4) is 0 Å². The van der Waals surface area contributed by atoms with Crippen molar-refractivity contribution in [2.24, 2.45) is 28.6 Å². The van der Waals surface area contributed by atoms with Gasteiger partial charge in [0.15, 0.2) is 0 Å². The number of halogens is 1. The number of rotatable bonds is 3. The van der Waals surface area contributed by atoms with Crippen LogP contribution in [-0.2, 0) is 9.59 Å². The maximum atomic E-state index is 15.6. The number of amides is 1. The summed E-state index contributed by atoms with van der Waals surface area (Å²) in [6.45, 7) is 10.3. The second-order valence-corrected chi connectivity index (χ2v) is 11.7. The van der Waals surface area contributed by atoms with Crippen molar-refractivity contribution in [2.45, 2.75) is 91.1 Å². The number of carboxylic acids is 1. The van der Waals surface area contributed by atoms with Gasteiger partial charge in [-0.3, -0.25) is 4.79 Å². The van der Waals surface area contributed by atoms with Crippen molar-refractivity contribution in [3.8, 4) is 0 Å². The van der Waals surface area contributed by atoms with Crippen molar-refractivity contribution >= 4 is 12.4 Å². The Morgan fingerprint density at radius 2 is 1.93 bits per heavy atom. The van der Waals surface area contributed by atoms with Gasteiger partial charge in [0.2, 0.25) is 6.41 Å². The molecule has 0 spiro atoms. The Morgan fingerprint density at radius 1 is 1.23 bits per heavy atom. The third kappa shape index (κ3) is 3.06. The van der Waals surface area contributed by atoms with Gasteiger partial charge in [0, 0.05) is 17.4 Å². The SMILES string of the molecule is CC(C)(C)N(C=O)C1C[C@@]2(C)C(=C(F)C[C@H]3[C@@H]4CCC[C@@]4(C)CC[C@@H]32)C=C1C(=O)O. The van der Waals surface area contributed by atoms with Crippen molar-refractivity contribution in [2.75, 3.05) is 0 Å². The normalized spacial score (nSPS) is 40.8. The number of hydrogen-bond acceptors (Lipinski definition) is 2. The maximum absolute atomic E-state index is 15.6. The van der Waals surface area contributed by atoms with Crippen LogP contribution in [0.1, 0.15) is 79.6 Å². The molecule has 4 rings (SSSR count). The Kier molecular flexibility index (Phi) is 4.98. The minimum Gasteiger partial charge on any atom is -0.478 e. The summed E-state index contributed by atoms with van der Waals surface area (Å²) in [5.41, 5.74) is 0.0962. The zero-order valence-electron chi connectivity index (χ0n) is 19.0. The van der Waals surface area contributed by atoms with Gasteiger partial charge in [-0.2, -0.15) is 0 Å². The van der Waals surface area contributed by atoms with E-state index in [1.165, 1.54) is 25.7 Å². The van der Waals surface area contributed by atoms with E-state index in [9.17, 15) is 14.7 Å². The molecule has 1 N–H and O–H groups in total. The summed E-state index contributed by atoms with van der Waals surface area (Å²) < 4.78 is 15.6. The molecular weight excluding hydrogens is 381 g/mol. The molecule has 0 aromatic heterocycles. The summed E-state index contributed by atoms with van der Waals surface area (Å²) >= 11 is 0. The number of carbonyl (C=O) groups is 2. The lowest BCUT2D eigenvalue weighted by atomic mass is 9.48. The van der Waals surface area contributed by atoms with E-state index in [-0.39, 0.29) is 11.4 Å². The zero-order chi connectivity index (χ0) is 22.1. The molecule has 0 radical (unpaired) electrons. The highest BCUT2D eigenvalue weighted by atomic mass is 19.1. The standard InChI is InChI=1S/C25H36FNO3/c1-23(2,3)27(14-28)21-13-25(5)18-8-10-24(4)9-6-7-17(24)15(18)12-20(26)19(25)11-16(21)22(29)30/h11,14-15,17-18,21H,6-10,12-13H2,1-5H3,(H,29,30)/t15-,17-,18-,21?,24-,25+/m0/s1. The molecule has 2 fully saturated rings. The zero-order valence-corrected chi connectivity index (χ0v) is 19.0. The summed E-state index contributed by atoms with van der Waals surface area (Å²) in [6, 6.07) is -0.544. The fourth-order valence-electron chi connectivity index (χ4n) is 7.60. The van der Waals surface area contributed by atoms with E-state index in [0.29, 0.717) is 41.6 Å². The molecule has 4 aliphatic rings. The van der Waals surface area contributed by atoms with Gasteiger partial charge in [0.1, 0.15) is 5.83 Å². The fraction of sp³-hybridized carbons (Fsp3) is 0.760. The summed E-state index contributed by atoms with van der Waals surface area (Å²) in [5.74, 6) is 0.0204. The molecule has 5 heteroatoms. The second kappa shape index (κ2) is 6.93. The lowest BCUT2D eigenvalue weighted by Crippen LogP contribution is -2.56. The lowest BCUT2D eigenvalue weighted by molar-refractivity contribution is -0.135. The molecule has 166 valence electrons. The maximum Gasteiger partial charge on any atom is 0.333 e. The molecule has 2 saturated carbocycles. The van der Waals surface area contributed by atoms with Crippen molar-refractivity contribution in [1.82, 2.24) is 4.90 Å². The molecule has 0 aromatic carbocycles.